The van der Waals surface area contributed by atoms with E-state index in [1.54, 1.807) is 0 Å². The van der Waals surface area contributed by atoms with Gasteiger partial charge in [0, 0.05) is 33.8 Å². The van der Waals surface area contributed by atoms with Crippen LogP contribution in [-0.4, -0.2) is 23.1 Å². The lowest BCUT2D eigenvalue weighted by Crippen LogP contribution is -2.28. The van der Waals surface area contributed by atoms with Gasteiger partial charge >= 0.3 is 7.48 Å². The van der Waals surface area contributed by atoms with Gasteiger partial charge in [-0.2, -0.15) is 0 Å². The zero-order valence-corrected chi connectivity index (χ0v) is 18.5. The normalized spacial score (nSPS) is 18.4. The van der Waals surface area contributed by atoms with Crippen molar-refractivity contribution in [3.05, 3.63) is 121 Å². The molecule has 1 N–H and O–H groups in total. The summed E-state index contributed by atoms with van der Waals surface area (Å²) in [5.41, 5.74) is 8.05. The van der Waals surface area contributed by atoms with E-state index in [0.29, 0.717) is 5.92 Å². The largest absolute Gasteiger partial charge is 0.450 e. The molecule has 0 saturated heterocycles. The summed E-state index contributed by atoms with van der Waals surface area (Å²) in [5.74, 6) is 0.299. The summed E-state index contributed by atoms with van der Waals surface area (Å²) in [5, 5.41) is 12.0. The fourth-order valence-corrected chi connectivity index (χ4v) is 5.69. The Morgan fingerprint density at radius 1 is 0.676 bits per heavy atom. The molecular weight excluding hydrogens is 415 g/mol. The number of benzene rings is 4. The first-order chi connectivity index (χ1) is 16.8. The Bertz CT molecular complexity index is 1600. The third-order valence-electron chi connectivity index (χ3n) is 7.16. The molecule has 161 valence electrons. The summed E-state index contributed by atoms with van der Waals surface area (Å²) in [6.45, 7) is 0. The molecule has 4 aromatic carbocycles. The third-order valence-corrected chi connectivity index (χ3v) is 7.16. The monoisotopic (exact) mass is 437 g/mol. The average molecular weight is 437 g/mol. The molecular formula is C30H22BN2O. The van der Waals surface area contributed by atoms with E-state index in [9.17, 15) is 5.02 Å². The maximum atomic E-state index is 9.72. The molecule has 1 radical (unpaired) electrons. The minimum atomic E-state index is 0.256. The number of aromatic nitrogens is 1. The second-order valence-corrected chi connectivity index (χ2v) is 9.00. The number of fused-ring (bicyclic) bond motifs is 6. The molecule has 3 nitrogen and oxygen atoms in total. The van der Waals surface area contributed by atoms with Crippen LogP contribution in [0.3, 0.4) is 0 Å². The Hall–Kier alpha value is -4.02. The molecule has 2 atom stereocenters. The minimum Gasteiger partial charge on any atom is -0.450 e. The smallest absolute Gasteiger partial charge is 0.326 e. The van der Waals surface area contributed by atoms with E-state index in [1.165, 1.54) is 35.3 Å². The van der Waals surface area contributed by atoms with E-state index in [2.05, 4.69) is 119 Å². The van der Waals surface area contributed by atoms with E-state index in [0.717, 1.165) is 22.1 Å². The fraction of sp³-hybridized carbons (Fsp3) is 0.0667. The van der Waals surface area contributed by atoms with Crippen LogP contribution in [0.15, 0.2) is 115 Å². The van der Waals surface area contributed by atoms with Crippen LogP contribution >= 0.6 is 0 Å². The topological polar surface area (TPSA) is 28.4 Å². The number of hydrogen-bond acceptors (Lipinski definition) is 2. The quantitative estimate of drug-likeness (QED) is 0.364. The number of para-hydroxylation sites is 2. The van der Waals surface area contributed by atoms with E-state index in [4.69, 9.17) is 0 Å². The van der Waals surface area contributed by atoms with Crippen LogP contribution in [0.2, 0.25) is 0 Å². The standard InChI is InChI=1S/C30H22BN2O/c34-31-20-15-16-28-24(17-20)26-19-29-25(18-30(26)33(28)22-11-5-2-6-12-22)23-13-7-8-14-27(23)32(29)21-9-3-1-4-10-21/h1-19,23,27,34H. The van der Waals surface area contributed by atoms with Crippen LogP contribution in [0.1, 0.15) is 11.5 Å². The maximum absolute atomic E-state index is 9.72. The molecule has 34 heavy (non-hydrogen) atoms. The average Bonchev–Trinajstić information content (AvgIpc) is 3.40. The van der Waals surface area contributed by atoms with E-state index < -0.39 is 0 Å². The van der Waals surface area contributed by atoms with Gasteiger partial charge in [0.15, 0.2) is 0 Å². The zero-order valence-electron chi connectivity index (χ0n) is 18.5. The molecule has 1 aromatic heterocycles. The molecule has 0 bridgehead atoms. The highest BCUT2D eigenvalue weighted by molar-refractivity contribution is 6.46. The van der Waals surface area contributed by atoms with Crippen molar-refractivity contribution in [3.8, 4) is 5.69 Å². The van der Waals surface area contributed by atoms with Crippen molar-refractivity contribution in [1.29, 1.82) is 0 Å². The number of anilines is 2. The van der Waals surface area contributed by atoms with Crippen molar-refractivity contribution in [2.45, 2.75) is 12.0 Å². The van der Waals surface area contributed by atoms with Gasteiger partial charge in [-0.1, -0.05) is 78.3 Å². The predicted octanol–water partition coefficient (Wildman–Crippen LogP) is 5.75. The highest BCUT2D eigenvalue weighted by Crippen LogP contribution is 2.50. The van der Waals surface area contributed by atoms with Crippen LogP contribution in [0.5, 0.6) is 0 Å². The van der Waals surface area contributed by atoms with Crippen molar-refractivity contribution < 1.29 is 5.02 Å². The highest BCUT2D eigenvalue weighted by atomic mass is 16.2. The first kappa shape index (κ1) is 19.5. The molecule has 1 aliphatic carbocycles. The lowest BCUT2D eigenvalue weighted by molar-refractivity contribution is 0.615. The molecule has 0 fully saturated rings. The second kappa shape index (κ2) is 7.51. The van der Waals surface area contributed by atoms with Crippen LogP contribution in [-0.2, 0) is 0 Å². The van der Waals surface area contributed by atoms with Gasteiger partial charge in [0.05, 0.1) is 17.1 Å². The number of allylic oxidation sites excluding steroid dienone is 2. The lowest BCUT2D eigenvalue weighted by atomic mass is 9.87. The summed E-state index contributed by atoms with van der Waals surface area (Å²) in [6.07, 6.45) is 8.96. The van der Waals surface area contributed by atoms with E-state index in [1.807, 2.05) is 6.07 Å². The van der Waals surface area contributed by atoms with Gasteiger partial charge in [-0.25, -0.2) is 0 Å². The molecule has 5 aromatic rings. The van der Waals surface area contributed by atoms with Gasteiger partial charge in [-0.15, -0.1) is 0 Å². The molecule has 4 heteroatoms. The summed E-state index contributed by atoms with van der Waals surface area (Å²) in [7, 11) is 1.18. The number of rotatable bonds is 3. The van der Waals surface area contributed by atoms with Crippen LogP contribution in [0.4, 0.5) is 11.4 Å². The fourth-order valence-electron chi connectivity index (χ4n) is 5.69. The highest BCUT2D eigenvalue weighted by Gasteiger charge is 2.38. The lowest BCUT2D eigenvalue weighted by Gasteiger charge is -2.28. The SMILES string of the molecule is O[B]c1ccc2c(c1)c1cc3c(cc1n2-c1ccccc1)C1C=CC=CC1N3c1ccccc1. The van der Waals surface area contributed by atoms with Crippen molar-refractivity contribution >= 4 is 46.1 Å². The molecule has 1 aliphatic heterocycles. The zero-order chi connectivity index (χ0) is 22.6. The predicted molar refractivity (Wildman–Crippen MR) is 142 cm³/mol. The van der Waals surface area contributed by atoms with Gasteiger partial charge in [-0.05, 0) is 48.0 Å². The maximum Gasteiger partial charge on any atom is 0.326 e. The van der Waals surface area contributed by atoms with E-state index >= 15 is 0 Å². The summed E-state index contributed by atoms with van der Waals surface area (Å²) in [6, 6.07) is 32.3. The van der Waals surface area contributed by atoms with Crippen LogP contribution in [0, 0.1) is 0 Å². The Morgan fingerprint density at radius 2 is 1.38 bits per heavy atom. The van der Waals surface area contributed by atoms with Gasteiger partial charge < -0.3 is 14.5 Å². The van der Waals surface area contributed by atoms with Gasteiger partial charge in [0.25, 0.3) is 0 Å². The molecule has 0 saturated carbocycles. The Morgan fingerprint density at radius 3 is 2.15 bits per heavy atom. The van der Waals surface area contributed by atoms with Crippen molar-refractivity contribution in [1.82, 2.24) is 4.57 Å². The second-order valence-electron chi connectivity index (χ2n) is 9.00. The van der Waals surface area contributed by atoms with Crippen LogP contribution in [0.25, 0.3) is 27.5 Å². The Balaban J connectivity index is 1.57. The molecule has 0 amide bonds. The molecule has 2 unspecified atom stereocenters. The molecule has 2 heterocycles. The molecule has 7 rings (SSSR count). The van der Waals surface area contributed by atoms with E-state index in [-0.39, 0.29) is 6.04 Å². The number of hydrogen-bond donors (Lipinski definition) is 1. The van der Waals surface area contributed by atoms with Crippen LogP contribution < -0.4 is 10.4 Å². The van der Waals surface area contributed by atoms with Crippen molar-refractivity contribution in [2.24, 2.45) is 0 Å². The third kappa shape index (κ3) is 2.76. The first-order valence-electron chi connectivity index (χ1n) is 11.7. The summed E-state index contributed by atoms with van der Waals surface area (Å²) >= 11 is 0. The van der Waals surface area contributed by atoms with Crippen molar-refractivity contribution in [3.63, 3.8) is 0 Å². The molecule has 2 aliphatic rings. The van der Waals surface area contributed by atoms with Crippen molar-refractivity contribution in [2.75, 3.05) is 4.90 Å². The first-order valence-corrected chi connectivity index (χ1v) is 11.7. The Kier molecular flexibility index (Phi) is 4.30. The summed E-state index contributed by atoms with van der Waals surface area (Å²) < 4.78 is 2.34. The molecule has 0 spiro atoms. The van der Waals surface area contributed by atoms with Gasteiger partial charge in [0.2, 0.25) is 0 Å². The Labute approximate surface area is 199 Å². The van der Waals surface area contributed by atoms with Gasteiger partial charge in [-0.3, -0.25) is 0 Å². The summed E-state index contributed by atoms with van der Waals surface area (Å²) in [4.78, 5) is 2.47. The van der Waals surface area contributed by atoms with Gasteiger partial charge in [0.1, 0.15) is 0 Å². The number of nitrogens with zero attached hydrogens (tertiary/aromatic N) is 2. The minimum absolute atomic E-state index is 0.256.